The summed E-state index contributed by atoms with van der Waals surface area (Å²) in [6, 6.07) is 14.9. The molecule has 1 N–H and O–H groups in total. The first-order chi connectivity index (χ1) is 18.6. The number of methoxy groups -OCH3 is 2. The van der Waals surface area contributed by atoms with Gasteiger partial charge < -0.3 is 34.1 Å². The van der Waals surface area contributed by atoms with E-state index in [1.807, 2.05) is 35.2 Å². The number of carbonyl (C=O) groups excluding carboxylic acids is 2. The molecule has 2 fully saturated rings. The largest absolute Gasteiger partial charge is 0.493 e. The lowest BCUT2D eigenvalue weighted by Gasteiger charge is -2.36. The molecule has 0 aliphatic carbocycles. The number of ether oxygens (including phenoxy) is 4. The Morgan fingerprint density at radius 2 is 1.76 bits per heavy atom. The number of hydrogen-bond donors (Lipinski definition) is 1. The molecule has 2 saturated heterocycles. The molecule has 206 valence electrons. The van der Waals surface area contributed by atoms with E-state index in [1.165, 1.54) is 0 Å². The SMILES string of the molecule is COc1ccc(C(=O)N(CCN2CCOCC2)C[C@@H]2CN(C(=O)NCc3ccccc3)CCO2)cc1OC. The van der Waals surface area contributed by atoms with Crippen molar-refractivity contribution in [2.75, 3.05) is 79.9 Å². The van der Waals surface area contributed by atoms with Crippen molar-refractivity contribution < 1.29 is 28.5 Å². The van der Waals surface area contributed by atoms with Gasteiger partial charge in [0.25, 0.3) is 5.91 Å². The van der Waals surface area contributed by atoms with Gasteiger partial charge >= 0.3 is 6.03 Å². The lowest BCUT2D eigenvalue weighted by atomic mass is 10.1. The summed E-state index contributed by atoms with van der Waals surface area (Å²) in [4.78, 5) is 32.4. The Bertz CT molecular complexity index is 1050. The first kappa shape index (κ1) is 27.7. The van der Waals surface area contributed by atoms with E-state index in [2.05, 4.69) is 10.2 Å². The van der Waals surface area contributed by atoms with E-state index in [0.29, 0.717) is 69.6 Å². The number of rotatable bonds is 10. The van der Waals surface area contributed by atoms with Crippen LogP contribution >= 0.6 is 0 Å². The van der Waals surface area contributed by atoms with Crippen molar-refractivity contribution in [3.8, 4) is 11.5 Å². The van der Waals surface area contributed by atoms with E-state index in [-0.39, 0.29) is 18.0 Å². The molecule has 0 unspecified atom stereocenters. The summed E-state index contributed by atoms with van der Waals surface area (Å²) in [7, 11) is 3.12. The lowest BCUT2D eigenvalue weighted by molar-refractivity contribution is -0.0297. The van der Waals surface area contributed by atoms with Gasteiger partial charge in [0.1, 0.15) is 0 Å². The maximum atomic E-state index is 13.7. The zero-order valence-corrected chi connectivity index (χ0v) is 22.3. The van der Waals surface area contributed by atoms with Crippen LogP contribution in [0.2, 0.25) is 0 Å². The van der Waals surface area contributed by atoms with Gasteiger partial charge in [0.2, 0.25) is 0 Å². The van der Waals surface area contributed by atoms with Gasteiger partial charge in [-0.1, -0.05) is 30.3 Å². The second-order valence-corrected chi connectivity index (χ2v) is 9.36. The number of carbonyl (C=O) groups is 2. The maximum Gasteiger partial charge on any atom is 0.317 e. The molecule has 0 saturated carbocycles. The van der Waals surface area contributed by atoms with Crippen LogP contribution in [0.1, 0.15) is 15.9 Å². The van der Waals surface area contributed by atoms with Crippen LogP contribution in [-0.2, 0) is 16.0 Å². The quantitative estimate of drug-likeness (QED) is 0.507. The molecule has 3 amide bonds. The zero-order valence-electron chi connectivity index (χ0n) is 22.3. The fraction of sp³-hybridized carbons (Fsp3) is 0.500. The van der Waals surface area contributed by atoms with Crippen molar-refractivity contribution in [3.63, 3.8) is 0 Å². The minimum absolute atomic E-state index is 0.117. The third-order valence-corrected chi connectivity index (χ3v) is 6.84. The number of nitrogens with zero attached hydrogens (tertiary/aromatic N) is 3. The number of hydrogen-bond acceptors (Lipinski definition) is 7. The average molecular weight is 527 g/mol. The van der Waals surface area contributed by atoms with Gasteiger partial charge in [0.15, 0.2) is 11.5 Å². The molecule has 0 spiro atoms. The Kier molecular flexibility index (Phi) is 10.2. The van der Waals surface area contributed by atoms with E-state index in [4.69, 9.17) is 18.9 Å². The van der Waals surface area contributed by atoms with Gasteiger partial charge in [-0.2, -0.15) is 0 Å². The van der Waals surface area contributed by atoms with Crippen LogP contribution in [0.4, 0.5) is 4.79 Å². The molecule has 0 radical (unpaired) electrons. The monoisotopic (exact) mass is 526 g/mol. The summed E-state index contributed by atoms with van der Waals surface area (Å²) >= 11 is 0. The highest BCUT2D eigenvalue weighted by atomic mass is 16.5. The zero-order chi connectivity index (χ0) is 26.7. The van der Waals surface area contributed by atoms with Crippen LogP contribution in [0.25, 0.3) is 0 Å². The topological polar surface area (TPSA) is 92.8 Å². The summed E-state index contributed by atoms with van der Waals surface area (Å²) in [5.74, 6) is 0.951. The van der Waals surface area contributed by atoms with E-state index < -0.39 is 0 Å². The summed E-state index contributed by atoms with van der Waals surface area (Å²) in [6.07, 6.45) is -0.292. The third-order valence-electron chi connectivity index (χ3n) is 6.84. The molecule has 10 nitrogen and oxygen atoms in total. The van der Waals surface area contributed by atoms with Gasteiger partial charge in [-0.25, -0.2) is 4.79 Å². The average Bonchev–Trinajstić information content (AvgIpc) is 2.98. The van der Waals surface area contributed by atoms with Crippen LogP contribution in [0, 0.1) is 0 Å². The number of amides is 3. The normalized spacial score (nSPS) is 18.1. The van der Waals surface area contributed by atoms with Crippen molar-refractivity contribution in [1.82, 2.24) is 20.0 Å². The van der Waals surface area contributed by atoms with Crippen LogP contribution < -0.4 is 14.8 Å². The van der Waals surface area contributed by atoms with Gasteiger partial charge in [0, 0.05) is 51.4 Å². The minimum atomic E-state index is -0.292. The van der Waals surface area contributed by atoms with E-state index in [1.54, 1.807) is 37.3 Å². The molecule has 2 heterocycles. The fourth-order valence-corrected chi connectivity index (χ4v) is 4.66. The molecule has 2 aliphatic rings. The highest BCUT2D eigenvalue weighted by Crippen LogP contribution is 2.28. The number of benzene rings is 2. The fourth-order valence-electron chi connectivity index (χ4n) is 4.66. The Labute approximate surface area is 224 Å². The summed E-state index contributed by atoms with van der Waals surface area (Å²) < 4.78 is 22.2. The molecular formula is C28H38N4O6. The predicted molar refractivity (Wildman–Crippen MR) is 143 cm³/mol. The lowest BCUT2D eigenvalue weighted by Crippen LogP contribution is -2.53. The van der Waals surface area contributed by atoms with Crippen LogP contribution in [0.3, 0.4) is 0 Å². The molecule has 0 aromatic heterocycles. The van der Waals surface area contributed by atoms with Crippen molar-refractivity contribution >= 4 is 11.9 Å². The predicted octanol–water partition coefficient (Wildman–Crippen LogP) is 2.09. The molecule has 2 aliphatic heterocycles. The standard InChI is InChI=1S/C28H38N4O6/c1-35-25-9-8-23(18-26(25)36-2)27(33)31(11-10-30-12-15-37-16-13-30)20-24-21-32(14-17-38-24)28(34)29-19-22-6-4-3-5-7-22/h3-9,18,24H,10-17,19-21H2,1-2H3,(H,29,34)/t24-/m1/s1. The molecule has 4 rings (SSSR count). The third kappa shape index (κ3) is 7.59. The maximum absolute atomic E-state index is 13.7. The highest BCUT2D eigenvalue weighted by Gasteiger charge is 2.28. The summed E-state index contributed by atoms with van der Waals surface area (Å²) in [5, 5.41) is 2.99. The first-order valence-corrected chi connectivity index (χ1v) is 13.1. The van der Waals surface area contributed by atoms with E-state index in [0.717, 1.165) is 25.2 Å². The highest BCUT2D eigenvalue weighted by molar-refractivity contribution is 5.95. The molecule has 0 bridgehead atoms. The van der Waals surface area contributed by atoms with Crippen molar-refractivity contribution in [1.29, 1.82) is 0 Å². The molecule has 1 atom stereocenters. The van der Waals surface area contributed by atoms with Gasteiger partial charge in [-0.05, 0) is 23.8 Å². The second kappa shape index (κ2) is 14.0. The first-order valence-electron chi connectivity index (χ1n) is 13.1. The van der Waals surface area contributed by atoms with Gasteiger partial charge in [-0.3, -0.25) is 9.69 Å². The Balaban J connectivity index is 1.41. The van der Waals surface area contributed by atoms with Crippen molar-refractivity contribution in [3.05, 3.63) is 59.7 Å². The van der Waals surface area contributed by atoms with E-state index in [9.17, 15) is 9.59 Å². The van der Waals surface area contributed by atoms with Crippen molar-refractivity contribution in [2.24, 2.45) is 0 Å². The molecular weight excluding hydrogens is 488 g/mol. The molecule has 2 aromatic carbocycles. The number of morpholine rings is 2. The number of urea groups is 1. The summed E-state index contributed by atoms with van der Waals surface area (Å²) in [6.45, 7) is 6.52. The van der Waals surface area contributed by atoms with Crippen LogP contribution in [-0.4, -0.2) is 113 Å². The van der Waals surface area contributed by atoms with Crippen LogP contribution in [0.15, 0.2) is 48.5 Å². The smallest absolute Gasteiger partial charge is 0.317 e. The Hall–Kier alpha value is -3.34. The second-order valence-electron chi connectivity index (χ2n) is 9.36. The van der Waals surface area contributed by atoms with Gasteiger partial charge in [0.05, 0.1) is 46.7 Å². The minimum Gasteiger partial charge on any atom is -0.493 e. The van der Waals surface area contributed by atoms with Gasteiger partial charge in [-0.15, -0.1) is 0 Å². The molecule has 10 heteroatoms. The van der Waals surface area contributed by atoms with E-state index >= 15 is 0 Å². The molecule has 2 aromatic rings. The molecule has 38 heavy (non-hydrogen) atoms. The van der Waals surface area contributed by atoms with Crippen molar-refractivity contribution in [2.45, 2.75) is 12.6 Å². The Morgan fingerprint density at radius 3 is 2.50 bits per heavy atom. The number of nitrogens with one attached hydrogen (secondary N) is 1. The Morgan fingerprint density at radius 1 is 1.00 bits per heavy atom. The van der Waals surface area contributed by atoms with Crippen LogP contribution in [0.5, 0.6) is 11.5 Å². The summed E-state index contributed by atoms with van der Waals surface area (Å²) in [5.41, 5.74) is 1.55.